The zero-order valence-electron chi connectivity index (χ0n) is 12.5. The molecule has 1 aromatic heterocycles. The van der Waals surface area contributed by atoms with Gasteiger partial charge in [-0.25, -0.2) is 13.4 Å². The van der Waals surface area contributed by atoms with Gasteiger partial charge in [0.25, 0.3) is 10.0 Å². The molecule has 0 bridgehead atoms. The molecule has 126 valence electrons. The van der Waals surface area contributed by atoms with Crippen LogP contribution in [0.1, 0.15) is 26.2 Å². The van der Waals surface area contributed by atoms with Crippen molar-refractivity contribution >= 4 is 38.4 Å². The number of nitrogens with one attached hydrogen (secondary N) is 1. The van der Waals surface area contributed by atoms with Crippen molar-refractivity contribution in [2.75, 3.05) is 18.4 Å². The maximum Gasteiger partial charge on any atom is 0.311 e. The molecule has 0 unspecified atom stereocenters. The Balaban J connectivity index is 1.85. The van der Waals surface area contributed by atoms with Crippen molar-refractivity contribution in [1.29, 1.82) is 0 Å². The Kier molecular flexibility index (Phi) is 3.93. The molecule has 0 aromatic carbocycles. The fourth-order valence-electron chi connectivity index (χ4n) is 3.49. The molecule has 1 aromatic rings. The van der Waals surface area contributed by atoms with Crippen LogP contribution in [0, 0.1) is 11.3 Å². The molecule has 23 heavy (non-hydrogen) atoms. The first kappa shape index (κ1) is 16.3. The normalized spacial score (nSPS) is 27.8. The van der Waals surface area contributed by atoms with Gasteiger partial charge in [0.15, 0.2) is 9.34 Å². The van der Waals surface area contributed by atoms with Crippen LogP contribution in [-0.2, 0) is 19.6 Å². The summed E-state index contributed by atoms with van der Waals surface area (Å²) in [6, 6.07) is 0. The maximum atomic E-state index is 12.7. The molecule has 2 heterocycles. The third-order valence-electron chi connectivity index (χ3n) is 4.63. The highest BCUT2D eigenvalue weighted by Gasteiger charge is 2.57. The highest BCUT2D eigenvalue weighted by molar-refractivity contribution is 7.91. The minimum absolute atomic E-state index is 0.00268. The van der Waals surface area contributed by atoms with Crippen LogP contribution in [-0.4, -0.2) is 47.8 Å². The van der Waals surface area contributed by atoms with Crippen molar-refractivity contribution in [3.05, 3.63) is 6.20 Å². The predicted molar refractivity (Wildman–Crippen MR) is 82.6 cm³/mol. The highest BCUT2D eigenvalue weighted by Crippen LogP contribution is 2.50. The Labute approximate surface area is 137 Å². The number of carboxylic acid groups (broad SMARTS) is 1. The molecular weight excluding hydrogens is 342 g/mol. The number of rotatable bonds is 4. The number of fused-ring (bicyclic) bond motifs is 1. The second-order valence-corrected chi connectivity index (χ2v) is 9.21. The van der Waals surface area contributed by atoms with Gasteiger partial charge < -0.3 is 10.4 Å². The Morgan fingerprint density at radius 3 is 2.87 bits per heavy atom. The first-order chi connectivity index (χ1) is 10.8. The molecule has 3 rings (SSSR count). The number of carbonyl (C=O) groups excluding carboxylic acids is 1. The van der Waals surface area contributed by atoms with Gasteiger partial charge in [-0.1, -0.05) is 17.8 Å². The van der Waals surface area contributed by atoms with Crippen molar-refractivity contribution in [1.82, 2.24) is 9.29 Å². The molecule has 1 saturated heterocycles. The topological polar surface area (TPSA) is 117 Å². The molecule has 2 fully saturated rings. The van der Waals surface area contributed by atoms with Gasteiger partial charge >= 0.3 is 5.97 Å². The molecule has 2 atom stereocenters. The lowest BCUT2D eigenvalue weighted by molar-refractivity contribution is -0.149. The zero-order valence-corrected chi connectivity index (χ0v) is 14.1. The van der Waals surface area contributed by atoms with Crippen molar-refractivity contribution in [2.45, 2.75) is 30.4 Å². The summed E-state index contributed by atoms with van der Waals surface area (Å²) in [5.41, 5.74) is -0.960. The van der Waals surface area contributed by atoms with E-state index in [1.807, 2.05) is 0 Å². The molecule has 2 N–H and O–H groups in total. The number of amides is 1. The summed E-state index contributed by atoms with van der Waals surface area (Å²) in [6.07, 6.45) is 3.27. The first-order valence-corrected chi connectivity index (χ1v) is 9.48. The summed E-state index contributed by atoms with van der Waals surface area (Å²) in [5.74, 6) is -1.39. The van der Waals surface area contributed by atoms with E-state index in [2.05, 4.69) is 10.3 Å². The molecule has 8 nitrogen and oxygen atoms in total. The SMILES string of the molecule is CC(=O)Nc1ncc(S(=O)(=O)N2C[C@@H]3CCC[C@@]3(C(=O)O)C2)s1. The average molecular weight is 359 g/mol. The quantitative estimate of drug-likeness (QED) is 0.827. The molecule has 1 aliphatic heterocycles. The molecule has 1 amide bonds. The van der Waals surface area contributed by atoms with Gasteiger partial charge in [-0.15, -0.1) is 0 Å². The number of anilines is 1. The average Bonchev–Trinajstić information content (AvgIpc) is 3.09. The minimum Gasteiger partial charge on any atom is -0.481 e. The lowest BCUT2D eigenvalue weighted by atomic mass is 9.81. The third-order valence-corrected chi connectivity index (χ3v) is 7.79. The van der Waals surface area contributed by atoms with E-state index in [9.17, 15) is 23.1 Å². The zero-order chi connectivity index (χ0) is 16.8. The number of carboxylic acids is 1. The molecule has 0 radical (unpaired) electrons. The van der Waals surface area contributed by atoms with Crippen LogP contribution >= 0.6 is 11.3 Å². The second-order valence-electron chi connectivity index (χ2n) is 6.01. The number of thiazole rings is 1. The third kappa shape index (κ3) is 2.64. The van der Waals surface area contributed by atoms with E-state index in [0.29, 0.717) is 6.42 Å². The monoisotopic (exact) mass is 359 g/mol. The van der Waals surface area contributed by atoms with Crippen molar-refractivity contribution in [3.63, 3.8) is 0 Å². The van der Waals surface area contributed by atoms with E-state index in [-0.39, 0.29) is 34.3 Å². The van der Waals surface area contributed by atoms with Crippen LogP contribution in [0.3, 0.4) is 0 Å². The van der Waals surface area contributed by atoms with Gasteiger partial charge in [0, 0.05) is 20.0 Å². The Morgan fingerprint density at radius 1 is 1.52 bits per heavy atom. The summed E-state index contributed by atoms with van der Waals surface area (Å²) in [6.45, 7) is 1.54. The van der Waals surface area contributed by atoms with Gasteiger partial charge in [0.1, 0.15) is 0 Å². The van der Waals surface area contributed by atoms with Gasteiger partial charge in [-0.3, -0.25) is 9.59 Å². The summed E-state index contributed by atoms with van der Waals surface area (Å²) in [5, 5.41) is 12.2. The lowest BCUT2D eigenvalue weighted by Crippen LogP contribution is -2.37. The van der Waals surface area contributed by atoms with E-state index in [1.165, 1.54) is 17.4 Å². The first-order valence-electron chi connectivity index (χ1n) is 7.23. The predicted octanol–water partition coefficient (Wildman–Crippen LogP) is 0.977. The number of nitrogens with zero attached hydrogens (tertiary/aromatic N) is 2. The number of carbonyl (C=O) groups is 2. The summed E-state index contributed by atoms with van der Waals surface area (Å²) >= 11 is 0.870. The number of sulfonamides is 1. The number of aliphatic carboxylic acids is 1. The smallest absolute Gasteiger partial charge is 0.311 e. The number of hydrogen-bond acceptors (Lipinski definition) is 6. The molecule has 0 spiro atoms. The van der Waals surface area contributed by atoms with Crippen molar-refractivity contribution in [3.8, 4) is 0 Å². The van der Waals surface area contributed by atoms with Gasteiger partial charge in [-0.05, 0) is 18.8 Å². The number of hydrogen-bond donors (Lipinski definition) is 2. The molecule has 1 saturated carbocycles. The van der Waals surface area contributed by atoms with Crippen LogP contribution in [0.2, 0.25) is 0 Å². The molecule has 2 aliphatic rings. The second kappa shape index (κ2) is 5.53. The van der Waals surface area contributed by atoms with E-state index in [1.54, 1.807) is 0 Å². The van der Waals surface area contributed by atoms with Crippen LogP contribution in [0.15, 0.2) is 10.4 Å². The number of aromatic nitrogens is 1. The highest BCUT2D eigenvalue weighted by atomic mass is 32.2. The maximum absolute atomic E-state index is 12.7. The summed E-state index contributed by atoms with van der Waals surface area (Å²) < 4.78 is 26.7. The van der Waals surface area contributed by atoms with E-state index in [0.717, 1.165) is 24.2 Å². The van der Waals surface area contributed by atoms with Crippen LogP contribution in [0.4, 0.5) is 5.13 Å². The Bertz CT molecular complexity index is 759. The fourth-order valence-corrected chi connectivity index (χ4v) is 6.28. The summed E-state index contributed by atoms with van der Waals surface area (Å²) in [7, 11) is -3.79. The fraction of sp³-hybridized carbons (Fsp3) is 0.615. The molecule has 10 heteroatoms. The van der Waals surface area contributed by atoms with Crippen LogP contribution in [0.5, 0.6) is 0 Å². The lowest BCUT2D eigenvalue weighted by Gasteiger charge is -2.23. The van der Waals surface area contributed by atoms with Crippen LogP contribution in [0.25, 0.3) is 0 Å². The van der Waals surface area contributed by atoms with E-state index >= 15 is 0 Å². The minimum atomic E-state index is -3.79. The largest absolute Gasteiger partial charge is 0.481 e. The standard InChI is InChI=1S/C13H17N3O5S2/c1-8(17)15-12-14-5-10(22-12)23(20,21)16-6-9-3-2-4-13(9,7-16)11(18)19/h5,9H,2-4,6-7H2,1H3,(H,18,19)(H,14,15,17)/t9-,13+/m0/s1. The van der Waals surface area contributed by atoms with Gasteiger partial charge in [0.2, 0.25) is 5.91 Å². The molecule has 1 aliphatic carbocycles. The van der Waals surface area contributed by atoms with E-state index in [4.69, 9.17) is 0 Å². The Hall–Kier alpha value is -1.52. The van der Waals surface area contributed by atoms with Gasteiger partial charge in [0.05, 0.1) is 11.6 Å². The van der Waals surface area contributed by atoms with Crippen molar-refractivity contribution < 1.29 is 23.1 Å². The van der Waals surface area contributed by atoms with Crippen LogP contribution < -0.4 is 5.32 Å². The Morgan fingerprint density at radius 2 is 2.26 bits per heavy atom. The van der Waals surface area contributed by atoms with E-state index < -0.39 is 21.4 Å². The molecular formula is C13H17N3O5S2. The van der Waals surface area contributed by atoms with Crippen molar-refractivity contribution in [2.24, 2.45) is 11.3 Å². The van der Waals surface area contributed by atoms with Gasteiger partial charge in [-0.2, -0.15) is 4.31 Å². The summed E-state index contributed by atoms with van der Waals surface area (Å²) in [4.78, 5) is 26.6.